The van der Waals surface area contributed by atoms with Gasteiger partial charge in [-0.15, -0.1) is 0 Å². The average Bonchev–Trinajstić information content (AvgIpc) is 2.95. The van der Waals surface area contributed by atoms with E-state index in [1.807, 2.05) is 4.57 Å². The van der Waals surface area contributed by atoms with Crippen LogP contribution in [0.5, 0.6) is 0 Å². The number of hydrogen-bond acceptors (Lipinski definition) is 5. The SMILES string of the molecule is COCC1(CNS(=O)(=O)c2cn(CC(C)C)cn2)CCNCC1. The molecule has 2 rings (SSSR count). The molecule has 2 N–H and O–H groups in total. The van der Waals surface area contributed by atoms with E-state index >= 15 is 0 Å². The molecule has 1 aliphatic heterocycles. The largest absolute Gasteiger partial charge is 0.384 e. The molecule has 0 spiro atoms. The minimum atomic E-state index is -3.59. The van der Waals surface area contributed by atoms with Crippen LogP contribution in [0.4, 0.5) is 0 Å². The van der Waals surface area contributed by atoms with Crippen molar-refractivity contribution in [3.63, 3.8) is 0 Å². The Morgan fingerprint density at radius 2 is 2.13 bits per heavy atom. The molecule has 0 saturated carbocycles. The number of ether oxygens (including phenoxy) is 1. The monoisotopic (exact) mass is 344 g/mol. The van der Waals surface area contributed by atoms with Crippen LogP contribution in [0, 0.1) is 11.3 Å². The molecule has 0 unspecified atom stereocenters. The highest BCUT2D eigenvalue weighted by Crippen LogP contribution is 2.28. The summed E-state index contributed by atoms with van der Waals surface area (Å²) in [4.78, 5) is 4.04. The normalized spacial score (nSPS) is 18.4. The zero-order valence-electron chi connectivity index (χ0n) is 14.2. The van der Waals surface area contributed by atoms with E-state index in [1.165, 1.54) is 0 Å². The first-order chi connectivity index (χ1) is 10.9. The molecular formula is C15H28N4O3S. The van der Waals surface area contributed by atoms with Crippen molar-refractivity contribution in [2.24, 2.45) is 11.3 Å². The van der Waals surface area contributed by atoms with Gasteiger partial charge in [-0.25, -0.2) is 18.1 Å². The fourth-order valence-electron chi connectivity index (χ4n) is 2.96. The minimum Gasteiger partial charge on any atom is -0.384 e. The number of nitrogens with zero attached hydrogens (tertiary/aromatic N) is 2. The van der Waals surface area contributed by atoms with Crippen molar-refractivity contribution in [1.82, 2.24) is 19.6 Å². The number of methoxy groups -OCH3 is 1. The van der Waals surface area contributed by atoms with Gasteiger partial charge < -0.3 is 14.6 Å². The Kier molecular flexibility index (Phi) is 6.19. The Morgan fingerprint density at radius 1 is 1.43 bits per heavy atom. The third-order valence-corrected chi connectivity index (χ3v) is 5.50. The second kappa shape index (κ2) is 7.74. The molecule has 7 nitrogen and oxygen atoms in total. The van der Waals surface area contributed by atoms with Crippen LogP contribution in [0.15, 0.2) is 17.6 Å². The molecule has 2 heterocycles. The van der Waals surface area contributed by atoms with Crippen LogP contribution in [0.2, 0.25) is 0 Å². The van der Waals surface area contributed by atoms with Crippen LogP contribution < -0.4 is 10.0 Å². The second-order valence-electron chi connectivity index (χ2n) is 6.81. The summed E-state index contributed by atoms with van der Waals surface area (Å²) in [6.07, 6.45) is 4.95. The molecule has 0 amide bonds. The van der Waals surface area contributed by atoms with Crippen molar-refractivity contribution in [3.8, 4) is 0 Å². The molecule has 1 aromatic rings. The van der Waals surface area contributed by atoms with Gasteiger partial charge in [-0.2, -0.15) is 0 Å². The van der Waals surface area contributed by atoms with Crippen LogP contribution in [-0.4, -0.2) is 51.3 Å². The topological polar surface area (TPSA) is 85.2 Å². The Morgan fingerprint density at radius 3 is 2.74 bits per heavy atom. The van der Waals surface area contributed by atoms with E-state index in [9.17, 15) is 8.42 Å². The lowest BCUT2D eigenvalue weighted by Gasteiger charge is -2.37. The summed E-state index contributed by atoms with van der Waals surface area (Å²) in [6.45, 7) is 7.61. The smallest absolute Gasteiger partial charge is 0.259 e. The van der Waals surface area contributed by atoms with Gasteiger partial charge >= 0.3 is 0 Å². The van der Waals surface area contributed by atoms with Crippen molar-refractivity contribution in [1.29, 1.82) is 0 Å². The molecule has 1 aliphatic rings. The Labute approximate surface area is 138 Å². The summed E-state index contributed by atoms with van der Waals surface area (Å²) in [5.41, 5.74) is -0.145. The van der Waals surface area contributed by atoms with Crippen LogP contribution in [0.1, 0.15) is 26.7 Å². The van der Waals surface area contributed by atoms with Gasteiger partial charge in [0, 0.05) is 31.8 Å². The van der Waals surface area contributed by atoms with Gasteiger partial charge in [0.15, 0.2) is 5.03 Å². The molecule has 1 aromatic heterocycles. The first-order valence-corrected chi connectivity index (χ1v) is 9.56. The molecule has 23 heavy (non-hydrogen) atoms. The number of sulfonamides is 1. The van der Waals surface area contributed by atoms with E-state index in [4.69, 9.17) is 4.74 Å². The number of hydrogen-bond donors (Lipinski definition) is 2. The first kappa shape index (κ1) is 18.4. The van der Waals surface area contributed by atoms with Gasteiger partial charge in [0.2, 0.25) is 0 Å². The number of nitrogens with one attached hydrogen (secondary N) is 2. The van der Waals surface area contributed by atoms with E-state index < -0.39 is 10.0 Å². The van der Waals surface area contributed by atoms with Crippen molar-refractivity contribution in [3.05, 3.63) is 12.5 Å². The van der Waals surface area contributed by atoms with E-state index in [0.717, 1.165) is 32.5 Å². The van der Waals surface area contributed by atoms with Gasteiger partial charge in [-0.1, -0.05) is 13.8 Å². The standard InChI is InChI=1S/C15H28N4O3S/c1-13(2)8-19-9-14(17-12-19)23(20,21)18-10-15(11-22-3)4-6-16-7-5-15/h9,12-13,16,18H,4-8,10-11H2,1-3H3. The minimum absolute atomic E-state index is 0.0830. The molecule has 0 bridgehead atoms. The number of piperidine rings is 1. The van der Waals surface area contributed by atoms with Crippen LogP contribution in [0.3, 0.4) is 0 Å². The van der Waals surface area contributed by atoms with Gasteiger partial charge in [0.05, 0.1) is 12.9 Å². The lowest BCUT2D eigenvalue weighted by atomic mass is 9.80. The second-order valence-corrected chi connectivity index (χ2v) is 8.52. The van der Waals surface area contributed by atoms with E-state index in [1.54, 1.807) is 19.6 Å². The average molecular weight is 344 g/mol. The van der Waals surface area contributed by atoms with E-state index in [0.29, 0.717) is 19.1 Å². The van der Waals surface area contributed by atoms with Crippen molar-refractivity contribution in [2.75, 3.05) is 33.4 Å². The third kappa shape index (κ3) is 5.00. The van der Waals surface area contributed by atoms with Crippen LogP contribution in [-0.2, 0) is 21.3 Å². The van der Waals surface area contributed by atoms with E-state index in [2.05, 4.69) is 28.9 Å². The Hall–Kier alpha value is -0.960. The highest BCUT2D eigenvalue weighted by molar-refractivity contribution is 7.89. The first-order valence-electron chi connectivity index (χ1n) is 8.08. The molecular weight excluding hydrogens is 316 g/mol. The summed E-state index contributed by atoms with van der Waals surface area (Å²) >= 11 is 0. The Bertz CT molecular complexity index is 586. The quantitative estimate of drug-likeness (QED) is 0.730. The summed E-state index contributed by atoms with van der Waals surface area (Å²) in [7, 11) is -1.93. The van der Waals surface area contributed by atoms with Gasteiger partial charge in [0.1, 0.15) is 0 Å². The van der Waals surface area contributed by atoms with Crippen molar-refractivity contribution in [2.45, 2.75) is 38.3 Å². The molecule has 0 atom stereocenters. The summed E-state index contributed by atoms with van der Waals surface area (Å²) in [5.74, 6) is 0.437. The molecule has 0 aliphatic carbocycles. The van der Waals surface area contributed by atoms with Gasteiger partial charge in [-0.05, 0) is 31.8 Å². The fourth-order valence-corrected chi connectivity index (χ4v) is 4.06. The lowest BCUT2D eigenvalue weighted by molar-refractivity contribution is 0.0577. The van der Waals surface area contributed by atoms with Crippen molar-refractivity contribution < 1.29 is 13.2 Å². The number of imidazole rings is 1. The predicted octanol–water partition coefficient (Wildman–Crippen LogP) is 0.834. The van der Waals surface area contributed by atoms with Crippen LogP contribution in [0.25, 0.3) is 0 Å². The maximum Gasteiger partial charge on any atom is 0.259 e. The van der Waals surface area contributed by atoms with Gasteiger partial charge in [-0.3, -0.25) is 0 Å². The lowest BCUT2D eigenvalue weighted by Crippen LogP contribution is -2.47. The molecule has 1 fully saturated rings. The number of aromatic nitrogens is 2. The van der Waals surface area contributed by atoms with Crippen molar-refractivity contribution >= 4 is 10.0 Å². The zero-order valence-corrected chi connectivity index (χ0v) is 15.0. The fraction of sp³-hybridized carbons (Fsp3) is 0.800. The zero-order chi connectivity index (χ0) is 16.9. The highest BCUT2D eigenvalue weighted by atomic mass is 32.2. The van der Waals surface area contributed by atoms with E-state index in [-0.39, 0.29) is 10.4 Å². The Balaban J connectivity index is 2.03. The molecule has 0 radical (unpaired) electrons. The third-order valence-electron chi connectivity index (χ3n) is 4.21. The number of rotatable bonds is 8. The molecule has 1 saturated heterocycles. The summed E-state index contributed by atoms with van der Waals surface area (Å²) in [5, 5.41) is 3.38. The van der Waals surface area contributed by atoms with Crippen LogP contribution >= 0.6 is 0 Å². The highest BCUT2D eigenvalue weighted by Gasteiger charge is 2.34. The molecule has 132 valence electrons. The molecule has 8 heteroatoms. The predicted molar refractivity (Wildman–Crippen MR) is 88.7 cm³/mol. The maximum absolute atomic E-state index is 12.5. The summed E-state index contributed by atoms with van der Waals surface area (Å²) in [6, 6.07) is 0. The molecule has 0 aromatic carbocycles. The maximum atomic E-state index is 12.5. The van der Waals surface area contributed by atoms with Gasteiger partial charge in [0.25, 0.3) is 10.0 Å². The summed E-state index contributed by atoms with van der Waals surface area (Å²) < 4.78 is 34.8.